The number of nitrogens with one attached hydrogen (secondary N) is 1. The van der Waals surface area contributed by atoms with Gasteiger partial charge in [-0.1, -0.05) is 6.92 Å². The quantitative estimate of drug-likeness (QED) is 0.753. The molecule has 0 aromatic carbocycles. The van der Waals surface area contributed by atoms with Crippen molar-refractivity contribution < 1.29 is 5.11 Å². The third-order valence-corrected chi connectivity index (χ3v) is 4.25. The summed E-state index contributed by atoms with van der Waals surface area (Å²) in [4.78, 5) is 2.61. The Morgan fingerprint density at radius 2 is 2.12 bits per heavy atom. The molecule has 0 saturated carbocycles. The zero-order chi connectivity index (χ0) is 11.8. The summed E-state index contributed by atoms with van der Waals surface area (Å²) in [5.41, 5.74) is -0.520. The maximum Gasteiger partial charge on any atom is 0.0603 e. The van der Waals surface area contributed by atoms with E-state index >= 15 is 0 Å². The van der Waals surface area contributed by atoms with Crippen molar-refractivity contribution in [1.82, 2.24) is 10.2 Å². The highest BCUT2D eigenvalue weighted by molar-refractivity contribution is 4.98. The standard InChI is InChI=1S/C13H26N2O/c1-4-12-11-8-14-7-10(11)9-15(12)6-5-13(2,3)16/h10-12,14,16H,4-9H2,1-3H3. The Hall–Kier alpha value is -0.120. The van der Waals surface area contributed by atoms with Gasteiger partial charge in [-0.25, -0.2) is 0 Å². The van der Waals surface area contributed by atoms with Crippen molar-refractivity contribution in [2.75, 3.05) is 26.2 Å². The van der Waals surface area contributed by atoms with Gasteiger partial charge in [0.05, 0.1) is 5.60 Å². The van der Waals surface area contributed by atoms with Crippen molar-refractivity contribution >= 4 is 0 Å². The number of aliphatic hydroxyl groups is 1. The lowest BCUT2D eigenvalue weighted by atomic mass is 9.93. The lowest BCUT2D eigenvalue weighted by Gasteiger charge is -2.29. The average molecular weight is 226 g/mol. The Balaban J connectivity index is 1.90. The molecule has 3 heteroatoms. The van der Waals surface area contributed by atoms with E-state index < -0.39 is 5.60 Å². The van der Waals surface area contributed by atoms with Crippen LogP contribution in [-0.4, -0.2) is 47.8 Å². The van der Waals surface area contributed by atoms with Crippen molar-refractivity contribution in [1.29, 1.82) is 0 Å². The summed E-state index contributed by atoms with van der Waals surface area (Å²) >= 11 is 0. The van der Waals surface area contributed by atoms with Crippen molar-refractivity contribution in [3.8, 4) is 0 Å². The van der Waals surface area contributed by atoms with Crippen molar-refractivity contribution in [2.24, 2.45) is 11.8 Å². The molecule has 0 radical (unpaired) electrons. The number of likely N-dealkylation sites (tertiary alicyclic amines) is 1. The highest BCUT2D eigenvalue weighted by Gasteiger charge is 2.42. The normalized spacial score (nSPS) is 35.6. The molecule has 16 heavy (non-hydrogen) atoms. The molecule has 3 unspecified atom stereocenters. The van der Waals surface area contributed by atoms with Crippen LogP contribution in [0.4, 0.5) is 0 Å². The molecule has 0 aromatic rings. The number of hydrogen-bond acceptors (Lipinski definition) is 3. The van der Waals surface area contributed by atoms with Gasteiger partial charge >= 0.3 is 0 Å². The number of hydrogen-bond donors (Lipinski definition) is 2. The average Bonchev–Trinajstić information content (AvgIpc) is 2.71. The van der Waals surface area contributed by atoms with Crippen LogP contribution < -0.4 is 5.32 Å². The van der Waals surface area contributed by atoms with Crippen LogP contribution in [0.15, 0.2) is 0 Å². The van der Waals surface area contributed by atoms with E-state index in [1.165, 1.54) is 26.1 Å². The summed E-state index contributed by atoms with van der Waals surface area (Å²) in [5.74, 6) is 1.71. The van der Waals surface area contributed by atoms with Gasteiger partial charge in [0.25, 0.3) is 0 Å². The van der Waals surface area contributed by atoms with E-state index in [-0.39, 0.29) is 0 Å². The highest BCUT2D eigenvalue weighted by Crippen LogP contribution is 2.34. The number of nitrogens with zero attached hydrogens (tertiary/aromatic N) is 1. The first-order valence-corrected chi connectivity index (χ1v) is 6.68. The van der Waals surface area contributed by atoms with Gasteiger partial charge in [0, 0.05) is 19.1 Å². The van der Waals surface area contributed by atoms with Crippen LogP contribution >= 0.6 is 0 Å². The topological polar surface area (TPSA) is 35.5 Å². The Labute approximate surface area is 99.2 Å². The Morgan fingerprint density at radius 1 is 1.38 bits per heavy atom. The number of rotatable bonds is 4. The van der Waals surface area contributed by atoms with Crippen molar-refractivity contribution in [3.63, 3.8) is 0 Å². The van der Waals surface area contributed by atoms with E-state index in [1.807, 2.05) is 13.8 Å². The summed E-state index contributed by atoms with van der Waals surface area (Å²) in [5, 5.41) is 13.3. The largest absolute Gasteiger partial charge is 0.390 e. The van der Waals surface area contributed by atoms with Crippen LogP contribution in [0.5, 0.6) is 0 Å². The predicted molar refractivity (Wildman–Crippen MR) is 66.4 cm³/mol. The summed E-state index contributed by atoms with van der Waals surface area (Å²) in [7, 11) is 0. The van der Waals surface area contributed by atoms with Crippen molar-refractivity contribution in [3.05, 3.63) is 0 Å². The fourth-order valence-corrected chi connectivity index (χ4v) is 3.35. The van der Waals surface area contributed by atoms with E-state index in [1.54, 1.807) is 0 Å². The molecule has 2 aliphatic heterocycles. The minimum absolute atomic E-state index is 0.520. The van der Waals surface area contributed by atoms with Crippen LogP contribution in [0.2, 0.25) is 0 Å². The zero-order valence-corrected chi connectivity index (χ0v) is 10.9. The molecule has 0 amide bonds. The Morgan fingerprint density at radius 3 is 2.75 bits per heavy atom. The molecule has 0 spiro atoms. The molecule has 0 aromatic heterocycles. The second kappa shape index (κ2) is 4.63. The molecule has 2 fully saturated rings. The van der Waals surface area contributed by atoms with Gasteiger partial charge in [0.1, 0.15) is 0 Å². The van der Waals surface area contributed by atoms with E-state index in [2.05, 4.69) is 17.1 Å². The van der Waals surface area contributed by atoms with Gasteiger partial charge in [-0.15, -0.1) is 0 Å². The van der Waals surface area contributed by atoms with Gasteiger partial charge < -0.3 is 10.4 Å². The minimum atomic E-state index is -0.520. The van der Waals surface area contributed by atoms with E-state index in [9.17, 15) is 5.11 Å². The molecule has 0 aliphatic carbocycles. The van der Waals surface area contributed by atoms with Gasteiger partial charge in [0.2, 0.25) is 0 Å². The van der Waals surface area contributed by atoms with E-state index in [4.69, 9.17) is 0 Å². The molecule has 0 bridgehead atoms. The first-order valence-electron chi connectivity index (χ1n) is 6.68. The van der Waals surface area contributed by atoms with Crippen LogP contribution in [0.3, 0.4) is 0 Å². The summed E-state index contributed by atoms with van der Waals surface area (Å²) in [6.45, 7) is 10.8. The first-order chi connectivity index (χ1) is 7.51. The van der Waals surface area contributed by atoms with E-state index in [0.29, 0.717) is 0 Å². The molecule has 3 nitrogen and oxygen atoms in total. The highest BCUT2D eigenvalue weighted by atomic mass is 16.3. The van der Waals surface area contributed by atoms with E-state index in [0.717, 1.165) is 30.8 Å². The first kappa shape index (κ1) is 12.3. The molecule has 2 saturated heterocycles. The molecule has 2 aliphatic rings. The predicted octanol–water partition coefficient (Wildman–Crippen LogP) is 1.08. The summed E-state index contributed by atoms with van der Waals surface area (Å²) < 4.78 is 0. The lowest BCUT2D eigenvalue weighted by molar-refractivity contribution is 0.0538. The lowest BCUT2D eigenvalue weighted by Crippen LogP contribution is -2.38. The molecule has 94 valence electrons. The van der Waals surface area contributed by atoms with Crippen LogP contribution in [0.25, 0.3) is 0 Å². The Bertz CT molecular complexity index is 237. The summed E-state index contributed by atoms with van der Waals surface area (Å²) in [6.07, 6.45) is 2.13. The maximum atomic E-state index is 9.80. The Kier molecular flexibility index (Phi) is 3.57. The monoisotopic (exact) mass is 226 g/mol. The molecule has 2 heterocycles. The van der Waals surface area contributed by atoms with Crippen LogP contribution in [0.1, 0.15) is 33.6 Å². The van der Waals surface area contributed by atoms with Gasteiger partial charge in [-0.2, -0.15) is 0 Å². The van der Waals surface area contributed by atoms with Gasteiger partial charge in [-0.3, -0.25) is 4.90 Å². The molecule has 2 N–H and O–H groups in total. The molecular weight excluding hydrogens is 200 g/mol. The SMILES string of the molecule is CCC1C2CNCC2CN1CCC(C)(C)O. The fourth-order valence-electron chi connectivity index (χ4n) is 3.35. The second-order valence-corrected chi connectivity index (χ2v) is 6.12. The molecular formula is C13H26N2O. The van der Waals surface area contributed by atoms with Crippen LogP contribution in [0, 0.1) is 11.8 Å². The number of fused-ring (bicyclic) bond motifs is 1. The minimum Gasteiger partial charge on any atom is -0.390 e. The van der Waals surface area contributed by atoms with Crippen LogP contribution in [-0.2, 0) is 0 Å². The van der Waals surface area contributed by atoms with Gasteiger partial charge in [-0.05, 0) is 51.6 Å². The third-order valence-electron chi connectivity index (χ3n) is 4.25. The molecule has 3 atom stereocenters. The maximum absolute atomic E-state index is 9.80. The van der Waals surface area contributed by atoms with Crippen molar-refractivity contribution in [2.45, 2.75) is 45.3 Å². The third kappa shape index (κ3) is 2.58. The molecule has 2 rings (SSSR count). The van der Waals surface area contributed by atoms with Gasteiger partial charge in [0.15, 0.2) is 0 Å². The summed E-state index contributed by atoms with van der Waals surface area (Å²) in [6, 6.07) is 0.738. The fraction of sp³-hybridized carbons (Fsp3) is 1.00. The smallest absolute Gasteiger partial charge is 0.0603 e. The second-order valence-electron chi connectivity index (χ2n) is 6.12. The zero-order valence-electron chi connectivity index (χ0n) is 10.9.